The predicted molar refractivity (Wildman–Crippen MR) is 75.1 cm³/mol. The molecule has 5 heteroatoms. The van der Waals surface area contributed by atoms with Crippen molar-refractivity contribution in [1.29, 1.82) is 0 Å². The Morgan fingerprint density at radius 3 is 2.68 bits per heavy atom. The molecule has 0 radical (unpaired) electrons. The fourth-order valence-electron chi connectivity index (χ4n) is 2.45. The van der Waals surface area contributed by atoms with Crippen LogP contribution in [-0.2, 0) is 11.3 Å². The van der Waals surface area contributed by atoms with Gasteiger partial charge in [-0.15, -0.1) is 0 Å². The molecular formula is C14H19N3O2. The number of imidazole rings is 1. The topological polar surface area (TPSA) is 81.1 Å². The van der Waals surface area contributed by atoms with E-state index in [1.807, 2.05) is 12.1 Å². The number of aliphatic carboxylic acids is 1. The van der Waals surface area contributed by atoms with Gasteiger partial charge in [0, 0.05) is 5.92 Å². The minimum absolute atomic E-state index is 0.0776. The average Bonchev–Trinajstić information content (AvgIpc) is 2.71. The molecule has 102 valence electrons. The zero-order chi connectivity index (χ0) is 14.0. The first-order valence-corrected chi connectivity index (χ1v) is 6.54. The third-order valence-corrected chi connectivity index (χ3v) is 3.48. The lowest BCUT2D eigenvalue weighted by Crippen LogP contribution is -2.14. The lowest BCUT2D eigenvalue weighted by atomic mass is 10.0. The summed E-state index contributed by atoms with van der Waals surface area (Å²) in [5, 5.41) is 9.09. The number of carbonyl (C=O) groups is 1. The molecule has 19 heavy (non-hydrogen) atoms. The molecule has 0 bridgehead atoms. The van der Waals surface area contributed by atoms with Gasteiger partial charge >= 0.3 is 5.97 Å². The summed E-state index contributed by atoms with van der Waals surface area (Å²) in [5.74, 6) is 0.209. The smallest absolute Gasteiger partial charge is 0.323 e. The van der Waals surface area contributed by atoms with E-state index in [0.29, 0.717) is 11.2 Å². The minimum Gasteiger partial charge on any atom is -0.480 e. The van der Waals surface area contributed by atoms with Crippen LogP contribution in [0, 0.1) is 0 Å². The molecule has 0 aliphatic rings. The number of hydrogen-bond donors (Lipinski definition) is 2. The second-order valence-electron chi connectivity index (χ2n) is 4.68. The van der Waals surface area contributed by atoms with Crippen LogP contribution in [-0.4, -0.2) is 20.6 Å². The third kappa shape index (κ3) is 2.41. The summed E-state index contributed by atoms with van der Waals surface area (Å²) in [5.41, 5.74) is 8.02. The number of nitrogens with zero attached hydrogens (tertiary/aromatic N) is 2. The summed E-state index contributed by atoms with van der Waals surface area (Å²) in [6.07, 6.45) is 1.86. The molecule has 0 aliphatic carbocycles. The lowest BCUT2D eigenvalue weighted by Gasteiger charge is -2.13. The molecule has 3 N–H and O–H groups in total. The van der Waals surface area contributed by atoms with Crippen molar-refractivity contribution in [3.05, 3.63) is 24.0 Å². The number of anilines is 1. The Labute approximate surface area is 112 Å². The quantitative estimate of drug-likeness (QED) is 0.811. The standard InChI is InChI=1S/C14H19N3O2/c1-3-9(4-2)14-16-13-10(15)6-5-7-11(13)17(14)8-12(18)19/h5-7,9H,3-4,8,15H2,1-2H3,(H,18,19). The van der Waals surface area contributed by atoms with Crippen molar-refractivity contribution in [3.8, 4) is 0 Å². The fourth-order valence-corrected chi connectivity index (χ4v) is 2.45. The second kappa shape index (κ2) is 5.30. The Kier molecular flexibility index (Phi) is 3.74. The van der Waals surface area contributed by atoms with Crippen molar-refractivity contribution in [2.24, 2.45) is 0 Å². The van der Waals surface area contributed by atoms with Gasteiger partial charge in [-0.05, 0) is 25.0 Å². The normalized spacial score (nSPS) is 11.3. The Hall–Kier alpha value is -2.04. The van der Waals surface area contributed by atoms with E-state index in [0.717, 1.165) is 24.2 Å². The number of carboxylic acids is 1. The van der Waals surface area contributed by atoms with Gasteiger partial charge < -0.3 is 15.4 Å². The zero-order valence-corrected chi connectivity index (χ0v) is 11.3. The van der Waals surface area contributed by atoms with Crippen LogP contribution in [0.4, 0.5) is 5.69 Å². The van der Waals surface area contributed by atoms with Gasteiger partial charge in [0.1, 0.15) is 17.9 Å². The van der Waals surface area contributed by atoms with Crippen LogP contribution in [0.2, 0.25) is 0 Å². The molecule has 1 aromatic heterocycles. The lowest BCUT2D eigenvalue weighted by molar-refractivity contribution is -0.137. The van der Waals surface area contributed by atoms with Gasteiger partial charge in [0.2, 0.25) is 0 Å². The van der Waals surface area contributed by atoms with E-state index in [4.69, 9.17) is 10.8 Å². The third-order valence-electron chi connectivity index (χ3n) is 3.48. The monoisotopic (exact) mass is 261 g/mol. The maximum Gasteiger partial charge on any atom is 0.323 e. The van der Waals surface area contributed by atoms with Crippen molar-refractivity contribution >= 4 is 22.7 Å². The summed E-state index contributed by atoms with van der Waals surface area (Å²) in [6.45, 7) is 4.09. The van der Waals surface area contributed by atoms with Crippen molar-refractivity contribution < 1.29 is 9.90 Å². The first kappa shape index (κ1) is 13.4. The number of hydrogen-bond acceptors (Lipinski definition) is 3. The summed E-state index contributed by atoms with van der Waals surface area (Å²) in [6, 6.07) is 5.49. The Morgan fingerprint density at radius 1 is 1.42 bits per heavy atom. The maximum atomic E-state index is 11.1. The van der Waals surface area contributed by atoms with Crippen LogP contribution < -0.4 is 5.73 Å². The highest BCUT2D eigenvalue weighted by atomic mass is 16.4. The second-order valence-corrected chi connectivity index (χ2v) is 4.68. The molecule has 1 heterocycles. The van der Waals surface area contributed by atoms with E-state index in [-0.39, 0.29) is 12.5 Å². The van der Waals surface area contributed by atoms with Crippen LogP contribution in [0.25, 0.3) is 11.0 Å². The van der Waals surface area contributed by atoms with Gasteiger partial charge in [-0.1, -0.05) is 19.9 Å². The number of carboxylic acid groups (broad SMARTS) is 1. The number of benzene rings is 1. The van der Waals surface area contributed by atoms with E-state index in [2.05, 4.69) is 18.8 Å². The van der Waals surface area contributed by atoms with Gasteiger partial charge in [0.25, 0.3) is 0 Å². The number of para-hydroxylation sites is 1. The maximum absolute atomic E-state index is 11.1. The average molecular weight is 261 g/mol. The molecule has 2 rings (SSSR count). The Bertz CT molecular complexity index is 600. The van der Waals surface area contributed by atoms with Gasteiger partial charge in [0.15, 0.2) is 0 Å². The molecule has 0 amide bonds. The van der Waals surface area contributed by atoms with Gasteiger partial charge in [-0.2, -0.15) is 0 Å². The number of nitrogen functional groups attached to an aromatic ring is 1. The number of fused-ring (bicyclic) bond motifs is 1. The number of nitrogens with two attached hydrogens (primary N) is 1. The van der Waals surface area contributed by atoms with Crippen molar-refractivity contribution in [2.45, 2.75) is 39.2 Å². The molecule has 0 unspecified atom stereocenters. The summed E-state index contributed by atoms with van der Waals surface area (Å²) < 4.78 is 1.77. The molecule has 0 atom stereocenters. The van der Waals surface area contributed by atoms with E-state index in [1.54, 1.807) is 10.6 Å². The van der Waals surface area contributed by atoms with E-state index in [1.165, 1.54) is 0 Å². The first-order chi connectivity index (χ1) is 9.08. The molecule has 0 saturated heterocycles. The molecule has 0 fully saturated rings. The van der Waals surface area contributed by atoms with Crippen molar-refractivity contribution in [3.63, 3.8) is 0 Å². The summed E-state index contributed by atoms with van der Waals surface area (Å²) >= 11 is 0. The molecular weight excluding hydrogens is 242 g/mol. The Morgan fingerprint density at radius 2 is 2.11 bits per heavy atom. The van der Waals surface area contributed by atoms with E-state index >= 15 is 0 Å². The van der Waals surface area contributed by atoms with Crippen LogP contribution in [0.5, 0.6) is 0 Å². The Balaban J connectivity index is 2.67. The van der Waals surface area contributed by atoms with Crippen molar-refractivity contribution in [2.75, 3.05) is 5.73 Å². The van der Waals surface area contributed by atoms with E-state index in [9.17, 15) is 4.79 Å². The van der Waals surface area contributed by atoms with Crippen molar-refractivity contribution in [1.82, 2.24) is 9.55 Å². The highest BCUT2D eigenvalue weighted by Gasteiger charge is 2.19. The highest BCUT2D eigenvalue weighted by molar-refractivity contribution is 5.88. The molecule has 2 aromatic rings. The van der Waals surface area contributed by atoms with Gasteiger partial charge in [0.05, 0.1) is 11.2 Å². The van der Waals surface area contributed by atoms with E-state index < -0.39 is 5.97 Å². The summed E-state index contributed by atoms with van der Waals surface area (Å²) in [7, 11) is 0. The van der Waals surface area contributed by atoms with Crippen LogP contribution in [0.3, 0.4) is 0 Å². The van der Waals surface area contributed by atoms with Crippen LogP contribution >= 0.6 is 0 Å². The first-order valence-electron chi connectivity index (χ1n) is 6.54. The number of aromatic nitrogens is 2. The molecule has 0 spiro atoms. The molecule has 5 nitrogen and oxygen atoms in total. The molecule has 1 aromatic carbocycles. The molecule has 0 aliphatic heterocycles. The van der Waals surface area contributed by atoms with Gasteiger partial charge in [-0.25, -0.2) is 4.98 Å². The molecule has 0 saturated carbocycles. The fraction of sp³-hybridized carbons (Fsp3) is 0.429. The van der Waals surface area contributed by atoms with Gasteiger partial charge in [-0.3, -0.25) is 4.79 Å². The number of rotatable bonds is 5. The minimum atomic E-state index is -0.867. The van der Waals surface area contributed by atoms with Crippen LogP contribution in [0.15, 0.2) is 18.2 Å². The largest absolute Gasteiger partial charge is 0.480 e. The van der Waals surface area contributed by atoms with Crippen LogP contribution in [0.1, 0.15) is 38.4 Å². The highest BCUT2D eigenvalue weighted by Crippen LogP contribution is 2.29. The zero-order valence-electron chi connectivity index (χ0n) is 11.3. The predicted octanol–water partition coefficient (Wildman–Crippen LogP) is 2.61. The summed E-state index contributed by atoms with van der Waals surface area (Å²) in [4.78, 5) is 15.6. The SMILES string of the molecule is CCC(CC)c1nc2c(N)cccc2n1CC(=O)O.